The molecule has 11 heavy (non-hydrogen) atoms. The highest BCUT2D eigenvalue weighted by Gasteiger charge is 1.84. The molecule has 0 saturated heterocycles. The van der Waals surface area contributed by atoms with E-state index < -0.39 is 0 Å². The standard InChI is InChI=1S/C8H18O.2FH/c1-3-5-7-9-8-6-4-2;;/h3-8H2,1-2H3;2*1H/p-2. The Hall–Kier alpha value is -0.180. The van der Waals surface area contributed by atoms with Gasteiger partial charge in [-0.1, -0.05) is 26.7 Å². The lowest BCUT2D eigenvalue weighted by Crippen LogP contribution is -3.00. The van der Waals surface area contributed by atoms with Crippen LogP contribution in [0.2, 0.25) is 0 Å². The zero-order valence-electron chi connectivity index (χ0n) is 7.41. The summed E-state index contributed by atoms with van der Waals surface area (Å²) < 4.78 is 5.31. The molecule has 0 bridgehead atoms. The van der Waals surface area contributed by atoms with Crippen molar-refractivity contribution in [3.05, 3.63) is 0 Å². The van der Waals surface area contributed by atoms with Gasteiger partial charge in [0.1, 0.15) is 0 Å². The van der Waals surface area contributed by atoms with Crippen molar-refractivity contribution in [2.45, 2.75) is 39.5 Å². The molecule has 3 heteroatoms. The van der Waals surface area contributed by atoms with Crippen molar-refractivity contribution in [1.82, 2.24) is 0 Å². The second kappa shape index (κ2) is 16.4. The van der Waals surface area contributed by atoms with E-state index in [2.05, 4.69) is 13.8 Å². The predicted molar refractivity (Wildman–Crippen MR) is 40.6 cm³/mol. The Bertz CT molecular complexity index is 45.4. The molecule has 0 aromatic carbocycles. The van der Waals surface area contributed by atoms with Crippen molar-refractivity contribution in [1.29, 1.82) is 0 Å². The Balaban J connectivity index is -0.000000320. The minimum Gasteiger partial charge on any atom is -1.00 e. The number of rotatable bonds is 6. The summed E-state index contributed by atoms with van der Waals surface area (Å²) in [6.07, 6.45) is 4.91. The summed E-state index contributed by atoms with van der Waals surface area (Å²) in [5.74, 6) is 0. The van der Waals surface area contributed by atoms with Gasteiger partial charge in [-0.15, -0.1) is 0 Å². The molecule has 0 unspecified atom stereocenters. The molecular formula is C8H18F2O-2. The van der Waals surface area contributed by atoms with Crippen molar-refractivity contribution in [2.24, 2.45) is 0 Å². The van der Waals surface area contributed by atoms with Gasteiger partial charge in [-0.3, -0.25) is 0 Å². The second-order valence-electron chi connectivity index (χ2n) is 2.32. The van der Waals surface area contributed by atoms with Crippen LogP contribution in [0.15, 0.2) is 0 Å². The maximum atomic E-state index is 5.31. The van der Waals surface area contributed by atoms with E-state index in [1.807, 2.05) is 0 Å². The van der Waals surface area contributed by atoms with E-state index in [4.69, 9.17) is 4.74 Å². The van der Waals surface area contributed by atoms with Crippen molar-refractivity contribution < 1.29 is 14.1 Å². The highest BCUT2D eigenvalue weighted by atomic mass is 19.0. The maximum absolute atomic E-state index is 5.31. The van der Waals surface area contributed by atoms with Crippen LogP contribution in [0.5, 0.6) is 0 Å². The van der Waals surface area contributed by atoms with Crippen LogP contribution in [0.25, 0.3) is 0 Å². The van der Waals surface area contributed by atoms with Crippen molar-refractivity contribution in [2.75, 3.05) is 13.2 Å². The average Bonchev–Trinajstić information content (AvgIpc) is 1.89. The molecule has 0 amide bonds. The monoisotopic (exact) mass is 168 g/mol. The molecule has 1 nitrogen and oxygen atoms in total. The summed E-state index contributed by atoms with van der Waals surface area (Å²) in [4.78, 5) is 0. The first-order chi connectivity index (χ1) is 4.41. The van der Waals surface area contributed by atoms with E-state index in [1.54, 1.807) is 0 Å². The first-order valence-electron chi connectivity index (χ1n) is 3.99. The molecule has 0 radical (unpaired) electrons. The Labute approximate surface area is 67.9 Å². The number of hydrogen-bond acceptors (Lipinski definition) is 1. The van der Waals surface area contributed by atoms with Gasteiger partial charge in [0, 0.05) is 13.2 Å². The normalized spacial score (nSPS) is 8.18. The van der Waals surface area contributed by atoms with E-state index in [9.17, 15) is 0 Å². The molecule has 0 aromatic rings. The smallest absolute Gasteiger partial charge is 0.0465 e. The molecule has 0 spiro atoms. The summed E-state index contributed by atoms with van der Waals surface area (Å²) >= 11 is 0. The third kappa shape index (κ3) is 17.7. The van der Waals surface area contributed by atoms with Crippen LogP contribution in [-0.4, -0.2) is 13.2 Å². The van der Waals surface area contributed by atoms with Gasteiger partial charge in [0.25, 0.3) is 0 Å². The molecule has 0 aliphatic carbocycles. The van der Waals surface area contributed by atoms with Gasteiger partial charge in [-0.05, 0) is 12.8 Å². The van der Waals surface area contributed by atoms with Gasteiger partial charge in [-0.2, -0.15) is 0 Å². The van der Waals surface area contributed by atoms with Crippen molar-refractivity contribution in [3.8, 4) is 0 Å². The predicted octanol–water partition coefficient (Wildman–Crippen LogP) is -3.39. The molecule has 0 atom stereocenters. The minimum absolute atomic E-state index is 0. The topological polar surface area (TPSA) is 9.23 Å². The number of unbranched alkanes of at least 4 members (excludes halogenated alkanes) is 2. The number of hydrogen-bond donors (Lipinski definition) is 0. The van der Waals surface area contributed by atoms with Crippen LogP contribution in [-0.2, 0) is 4.74 Å². The van der Waals surface area contributed by atoms with Crippen LogP contribution in [0.1, 0.15) is 39.5 Å². The number of halogens is 2. The van der Waals surface area contributed by atoms with Gasteiger partial charge in [-0.25, -0.2) is 0 Å². The van der Waals surface area contributed by atoms with Crippen LogP contribution in [0, 0.1) is 0 Å². The van der Waals surface area contributed by atoms with E-state index in [-0.39, 0.29) is 9.41 Å². The lowest BCUT2D eigenvalue weighted by atomic mass is 10.3. The quantitative estimate of drug-likeness (QED) is 0.376. The highest BCUT2D eigenvalue weighted by Crippen LogP contribution is 1.91. The summed E-state index contributed by atoms with van der Waals surface area (Å²) in [5.41, 5.74) is 0. The maximum Gasteiger partial charge on any atom is 0.0465 e. The zero-order chi connectivity index (χ0) is 6.95. The number of ether oxygens (including phenoxy) is 1. The fourth-order valence-electron chi connectivity index (χ4n) is 0.595. The van der Waals surface area contributed by atoms with E-state index >= 15 is 0 Å². The van der Waals surface area contributed by atoms with E-state index in [0.717, 1.165) is 13.2 Å². The van der Waals surface area contributed by atoms with Gasteiger partial charge < -0.3 is 14.1 Å². The van der Waals surface area contributed by atoms with Gasteiger partial charge >= 0.3 is 0 Å². The van der Waals surface area contributed by atoms with Gasteiger partial charge in [0.05, 0.1) is 0 Å². The largest absolute Gasteiger partial charge is 1.00 e. The van der Waals surface area contributed by atoms with Crippen LogP contribution >= 0.6 is 0 Å². The summed E-state index contributed by atoms with van der Waals surface area (Å²) in [6.45, 7) is 6.28. The molecule has 0 aliphatic heterocycles. The van der Waals surface area contributed by atoms with Crippen molar-refractivity contribution in [3.63, 3.8) is 0 Å². The third-order valence-corrected chi connectivity index (χ3v) is 1.28. The SMILES string of the molecule is CCCCOCCCC.[F-].[F-]. The van der Waals surface area contributed by atoms with E-state index in [0.29, 0.717) is 0 Å². The fourth-order valence-corrected chi connectivity index (χ4v) is 0.595. The Morgan fingerprint density at radius 3 is 1.45 bits per heavy atom. The highest BCUT2D eigenvalue weighted by molar-refractivity contribution is 4.33. The molecule has 0 aliphatic rings. The first-order valence-corrected chi connectivity index (χ1v) is 3.99. The average molecular weight is 168 g/mol. The molecular weight excluding hydrogens is 150 g/mol. The Morgan fingerprint density at radius 1 is 0.818 bits per heavy atom. The lowest BCUT2D eigenvalue weighted by molar-refractivity contribution is -0.00100. The fraction of sp³-hybridized carbons (Fsp3) is 1.00. The van der Waals surface area contributed by atoms with Crippen LogP contribution in [0.4, 0.5) is 0 Å². The molecule has 0 heterocycles. The lowest BCUT2D eigenvalue weighted by Gasteiger charge is -1.99. The van der Waals surface area contributed by atoms with Crippen LogP contribution in [0.3, 0.4) is 0 Å². The minimum atomic E-state index is 0. The molecule has 0 N–H and O–H groups in total. The van der Waals surface area contributed by atoms with Gasteiger partial charge in [0.2, 0.25) is 0 Å². The second-order valence-corrected chi connectivity index (χ2v) is 2.32. The molecule has 72 valence electrons. The Kier molecular flexibility index (Phi) is 25.5. The summed E-state index contributed by atoms with van der Waals surface area (Å²) in [6, 6.07) is 0. The molecule has 0 fully saturated rings. The molecule has 0 aromatic heterocycles. The van der Waals surface area contributed by atoms with Crippen molar-refractivity contribution >= 4 is 0 Å². The van der Waals surface area contributed by atoms with E-state index in [1.165, 1.54) is 25.7 Å². The molecule has 0 rings (SSSR count). The summed E-state index contributed by atoms with van der Waals surface area (Å²) in [7, 11) is 0. The molecule has 0 saturated carbocycles. The first kappa shape index (κ1) is 17.1. The Morgan fingerprint density at radius 2 is 1.18 bits per heavy atom. The third-order valence-electron chi connectivity index (χ3n) is 1.28. The van der Waals surface area contributed by atoms with Crippen LogP contribution < -0.4 is 9.41 Å². The zero-order valence-corrected chi connectivity index (χ0v) is 7.41. The van der Waals surface area contributed by atoms with Gasteiger partial charge in [0.15, 0.2) is 0 Å². The summed E-state index contributed by atoms with van der Waals surface area (Å²) in [5, 5.41) is 0.